The molecule has 1 saturated heterocycles. The van der Waals surface area contributed by atoms with E-state index in [4.69, 9.17) is 23.2 Å². The van der Waals surface area contributed by atoms with Gasteiger partial charge in [0.2, 0.25) is 15.9 Å². The van der Waals surface area contributed by atoms with E-state index in [1.165, 1.54) is 4.31 Å². The third kappa shape index (κ3) is 5.09. The number of nitrogens with one attached hydrogen (secondary N) is 1. The molecule has 1 heterocycles. The first-order chi connectivity index (χ1) is 15.3. The summed E-state index contributed by atoms with van der Waals surface area (Å²) in [5.74, 6) is -0.806. The Balaban J connectivity index is 1.42. The lowest BCUT2D eigenvalue weighted by molar-refractivity contribution is -0.126. The van der Waals surface area contributed by atoms with Crippen LogP contribution in [0.25, 0.3) is 10.8 Å². The van der Waals surface area contributed by atoms with Crippen LogP contribution in [0.15, 0.2) is 60.7 Å². The summed E-state index contributed by atoms with van der Waals surface area (Å²) in [5, 5.41) is 5.86. The van der Waals surface area contributed by atoms with Gasteiger partial charge in [0.15, 0.2) is 0 Å². The number of nitrogens with zero attached hydrogens (tertiary/aromatic N) is 1. The molecule has 0 saturated carbocycles. The topological polar surface area (TPSA) is 66.5 Å². The molecular weight excluding hydrogens is 467 g/mol. The smallest absolute Gasteiger partial charge is 0.224 e. The van der Waals surface area contributed by atoms with Crippen LogP contribution in [0.1, 0.15) is 24.0 Å². The number of hydrogen-bond donors (Lipinski definition) is 1. The molecule has 0 aliphatic carbocycles. The Kier molecular flexibility index (Phi) is 7.05. The van der Waals surface area contributed by atoms with Crippen LogP contribution in [0, 0.1) is 5.92 Å². The summed E-state index contributed by atoms with van der Waals surface area (Å²) in [5.41, 5.74) is 1.42. The predicted octanol–water partition coefficient (Wildman–Crippen LogP) is 5.00. The first-order valence-corrected chi connectivity index (χ1v) is 12.9. The van der Waals surface area contributed by atoms with Crippen LogP contribution >= 0.6 is 23.2 Å². The van der Waals surface area contributed by atoms with Gasteiger partial charge in [-0.15, -0.1) is 0 Å². The Bertz CT molecular complexity index is 1220. The van der Waals surface area contributed by atoms with Crippen LogP contribution in [0.5, 0.6) is 0 Å². The van der Waals surface area contributed by atoms with E-state index >= 15 is 0 Å². The summed E-state index contributed by atoms with van der Waals surface area (Å²) in [4.78, 5) is 12.9. The van der Waals surface area contributed by atoms with Gasteiger partial charge in [0.25, 0.3) is 0 Å². The van der Waals surface area contributed by atoms with Gasteiger partial charge in [0.05, 0.1) is 11.7 Å². The van der Waals surface area contributed by atoms with Crippen molar-refractivity contribution in [3.8, 4) is 0 Å². The number of benzene rings is 3. The molecule has 32 heavy (non-hydrogen) atoms. The second-order valence-electron chi connectivity index (χ2n) is 8.01. The molecule has 1 aliphatic rings. The molecule has 3 aromatic carbocycles. The molecule has 0 bridgehead atoms. The minimum atomic E-state index is -3.66. The van der Waals surface area contributed by atoms with E-state index in [1.54, 1.807) is 18.2 Å². The third-order valence-electron chi connectivity index (χ3n) is 5.87. The van der Waals surface area contributed by atoms with Crippen molar-refractivity contribution in [3.63, 3.8) is 0 Å². The number of halogens is 2. The summed E-state index contributed by atoms with van der Waals surface area (Å²) in [6, 6.07) is 19.0. The highest BCUT2D eigenvalue weighted by Crippen LogP contribution is 2.29. The number of hydrogen-bond acceptors (Lipinski definition) is 3. The molecule has 0 radical (unpaired) electrons. The lowest BCUT2D eigenvalue weighted by Crippen LogP contribution is -2.45. The maximum absolute atomic E-state index is 13.0. The lowest BCUT2D eigenvalue weighted by atomic mass is 9.98. The number of carbonyl (C=O) groups is 1. The van der Waals surface area contributed by atoms with Crippen LogP contribution in [-0.2, 0) is 27.1 Å². The summed E-state index contributed by atoms with van der Waals surface area (Å²) >= 11 is 12.3. The minimum Gasteiger partial charge on any atom is -0.352 e. The van der Waals surface area contributed by atoms with Crippen molar-refractivity contribution in [3.05, 3.63) is 81.8 Å². The zero-order valence-corrected chi connectivity index (χ0v) is 19.8. The molecule has 0 unspecified atom stereocenters. The molecule has 1 atom stereocenters. The number of amides is 1. The monoisotopic (exact) mass is 490 g/mol. The van der Waals surface area contributed by atoms with Gasteiger partial charge in [-0.2, -0.15) is 0 Å². The normalized spacial score (nSPS) is 17.4. The Morgan fingerprint density at radius 2 is 1.69 bits per heavy atom. The Morgan fingerprint density at radius 1 is 1.00 bits per heavy atom. The molecule has 0 spiro atoms. The first-order valence-electron chi connectivity index (χ1n) is 10.5. The van der Waals surface area contributed by atoms with Crippen molar-refractivity contribution in [1.29, 1.82) is 0 Å². The highest BCUT2D eigenvalue weighted by atomic mass is 35.5. The van der Waals surface area contributed by atoms with Crippen LogP contribution < -0.4 is 5.32 Å². The standard InChI is InChI=1S/C24H24Cl2N2O3S/c25-22-11-4-12-23(26)21(22)16-32(30,31)28-13-5-9-19(15-28)24(29)27-14-18-8-3-7-17-6-1-2-10-20(17)18/h1-4,6-8,10-12,19H,5,9,13-16H2,(H,27,29)/t19-/m1/s1. The molecule has 1 fully saturated rings. The van der Waals surface area contributed by atoms with E-state index in [0.29, 0.717) is 41.5 Å². The van der Waals surface area contributed by atoms with Crippen molar-refractivity contribution in [2.75, 3.05) is 13.1 Å². The molecule has 1 aliphatic heterocycles. The molecule has 1 amide bonds. The number of rotatable bonds is 6. The molecule has 3 aromatic rings. The molecule has 4 rings (SSSR count). The molecule has 1 N–H and O–H groups in total. The summed E-state index contributed by atoms with van der Waals surface area (Å²) in [6.45, 7) is 0.946. The van der Waals surface area contributed by atoms with Gasteiger partial charge in [-0.05, 0) is 41.3 Å². The number of sulfonamides is 1. The van der Waals surface area contributed by atoms with Crippen molar-refractivity contribution < 1.29 is 13.2 Å². The maximum Gasteiger partial charge on any atom is 0.224 e. The minimum absolute atomic E-state index is 0.131. The number of carbonyl (C=O) groups excluding carboxylic acids is 1. The molecule has 8 heteroatoms. The summed E-state index contributed by atoms with van der Waals surface area (Å²) in [6.07, 6.45) is 1.28. The fourth-order valence-corrected chi connectivity index (χ4v) is 6.49. The van der Waals surface area contributed by atoms with Crippen LogP contribution in [0.4, 0.5) is 0 Å². The van der Waals surface area contributed by atoms with Gasteiger partial charge in [-0.3, -0.25) is 4.79 Å². The van der Waals surface area contributed by atoms with Gasteiger partial charge in [-0.25, -0.2) is 12.7 Å². The molecule has 5 nitrogen and oxygen atoms in total. The SMILES string of the molecule is O=C(NCc1cccc2ccccc12)[C@@H]1CCCN(S(=O)(=O)Cc2c(Cl)cccc2Cl)C1. The van der Waals surface area contributed by atoms with Gasteiger partial charge in [-0.1, -0.05) is 71.7 Å². The Morgan fingerprint density at radius 3 is 2.47 bits per heavy atom. The van der Waals surface area contributed by atoms with Crippen molar-refractivity contribution >= 4 is 49.9 Å². The average molecular weight is 491 g/mol. The molecule has 0 aromatic heterocycles. The van der Waals surface area contributed by atoms with Crippen molar-refractivity contribution in [1.82, 2.24) is 9.62 Å². The van der Waals surface area contributed by atoms with Crippen LogP contribution in [0.2, 0.25) is 10.0 Å². The van der Waals surface area contributed by atoms with E-state index < -0.39 is 15.9 Å². The Hall–Kier alpha value is -2.12. The van der Waals surface area contributed by atoms with Gasteiger partial charge >= 0.3 is 0 Å². The quantitative estimate of drug-likeness (QED) is 0.528. The van der Waals surface area contributed by atoms with Crippen LogP contribution in [-0.4, -0.2) is 31.7 Å². The van der Waals surface area contributed by atoms with E-state index in [-0.39, 0.29) is 18.2 Å². The first kappa shape index (κ1) is 23.1. The average Bonchev–Trinajstić information content (AvgIpc) is 2.80. The highest BCUT2D eigenvalue weighted by Gasteiger charge is 2.33. The van der Waals surface area contributed by atoms with Crippen molar-refractivity contribution in [2.45, 2.75) is 25.1 Å². The van der Waals surface area contributed by atoms with Crippen LogP contribution in [0.3, 0.4) is 0 Å². The zero-order chi connectivity index (χ0) is 22.7. The zero-order valence-electron chi connectivity index (χ0n) is 17.4. The second kappa shape index (κ2) is 9.79. The molecule has 168 valence electrons. The predicted molar refractivity (Wildman–Crippen MR) is 129 cm³/mol. The van der Waals surface area contributed by atoms with E-state index in [1.807, 2.05) is 42.5 Å². The third-order valence-corrected chi connectivity index (χ3v) is 8.35. The van der Waals surface area contributed by atoms with E-state index in [9.17, 15) is 13.2 Å². The van der Waals surface area contributed by atoms with E-state index in [2.05, 4.69) is 5.32 Å². The fourth-order valence-electron chi connectivity index (χ4n) is 4.13. The second-order valence-corrected chi connectivity index (χ2v) is 10.8. The highest BCUT2D eigenvalue weighted by molar-refractivity contribution is 7.88. The van der Waals surface area contributed by atoms with Crippen molar-refractivity contribution in [2.24, 2.45) is 5.92 Å². The summed E-state index contributed by atoms with van der Waals surface area (Å²) in [7, 11) is -3.66. The largest absolute Gasteiger partial charge is 0.352 e. The lowest BCUT2D eigenvalue weighted by Gasteiger charge is -2.31. The maximum atomic E-state index is 13.0. The summed E-state index contributed by atoms with van der Waals surface area (Å²) < 4.78 is 27.4. The molecular formula is C24H24Cl2N2O3S. The van der Waals surface area contributed by atoms with Gasteiger partial charge in [0, 0.05) is 35.2 Å². The number of piperidine rings is 1. The Labute approximate surface area is 198 Å². The van der Waals surface area contributed by atoms with Gasteiger partial charge in [0.1, 0.15) is 0 Å². The fraction of sp³-hybridized carbons (Fsp3) is 0.292. The van der Waals surface area contributed by atoms with E-state index in [0.717, 1.165) is 16.3 Å². The number of fused-ring (bicyclic) bond motifs is 1. The van der Waals surface area contributed by atoms with Gasteiger partial charge < -0.3 is 5.32 Å².